The number of benzene rings is 1. The molecule has 0 radical (unpaired) electrons. The van der Waals surface area contributed by atoms with Gasteiger partial charge in [0.2, 0.25) is 0 Å². The van der Waals surface area contributed by atoms with Gasteiger partial charge < -0.3 is 10.3 Å². The van der Waals surface area contributed by atoms with Crippen molar-refractivity contribution in [1.82, 2.24) is 14.8 Å². The number of aromatic nitrogens is 3. The summed E-state index contributed by atoms with van der Waals surface area (Å²) in [6, 6.07) is 3.74. The molecule has 0 spiro atoms. The fraction of sp³-hybridized carbons (Fsp3) is 0.385. The Bertz CT molecular complexity index is 598. The van der Waals surface area contributed by atoms with Gasteiger partial charge in [-0.3, -0.25) is 0 Å². The van der Waals surface area contributed by atoms with Crippen molar-refractivity contribution >= 4 is 11.8 Å². The van der Waals surface area contributed by atoms with Gasteiger partial charge in [-0.05, 0) is 25.5 Å². The molecule has 0 saturated carbocycles. The first-order valence-corrected chi connectivity index (χ1v) is 7.22. The molecule has 2 N–H and O–H groups in total. The number of hydrogen-bond donors (Lipinski definition) is 1. The number of nitrogens with two attached hydrogens (primary N) is 1. The van der Waals surface area contributed by atoms with Crippen LogP contribution in [0.4, 0.5) is 8.78 Å². The molecule has 1 heterocycles. The van der Waals surface area contributed by atoms with Crippen LogP contribution in [0.25, 0.3) is 0 Å². The van der Waals surface area contributed by atoms with Gasteiger partial charge >= 0.3 is 0 Å². The average Bonchev–Trinajstić information content (AvgIpc) is 2.80. The molecule has 1 aromatic carbocycles. The van der Waals surface area contributed by atoms with Crippen LogP contribution in [0.1, 0.15) is 31.3 Å². The number of nitrogens with zero attached hydrogens (tertiary/aromatic N) is 3. The summed E-state index contributed by atoms with van der Waals surface area (Å²) in [4.78, 5) is 0. The van der Waals surface area contributed by atoms with Crippen molar-refractivity contribution in [3.63, 3.8) is 0 Å². The van der Waals surface area contributed by atoms with Crippen molar-refractivity contribution in [2.24, 2.45) is 5.73 Å². The van der Waals surface area contributed by atoms with Crippen molar-refractivity contribution < 1.29 is 8.78 Å². The van der Waals surface area contributed by atoms with Crippen molar-refractivity contribution in [3.8, 4) is 0 Å². The molecule has 4 nitrogen and oxygen atoms in total. The Morgan fingerprint density at radius 1 is 1.30 bits per heavy atom. The van der Waals surface area contributed by atoms with Gasteiger partial charge in [0.15, 0.2) is 5.16 Å². The SMILES string of the molecule is CC(C)n1c(CN)nnc1SCc1ccc(F)cc1F. The first-order chi connectivity index (χ1) is 9.52. The lowest BCUT2D eigenvalue weighted by Crippen LogP contribution is -2.11. The molecular weight excluding hydrogens is 282 g/mol. The Morgan fingerprint density at radius 2 is 2.05 bits per heavy atom. The molecule has 0 amide bonds. The molecular formula is C13H16F2N4S. The van der Waals surface area contributed by atoms with Gasteiger partial charge in [-0.1, -0.05) is 17.8 Å². The predicted octanol–water partition coefficient (Wildman–Crippen LogP) is 2.89. The second kappa shape index (κ2) is 6.32. The van der Waals surface area contributed by atoms with E-state index >= 15 is 0 Å². The van der Waals surface area contributed by atoms with Gasteiger partial charge in [0.05, 0.1) is 6.54 Å². The Balaban J connectivity index is 2.17. The molecule has 0 saturated heterocycles. The summed E-state index contributed by atoms with van der Waals surface area (Å²) < 4.78 is 28.3. The third kappa shape index (κ3) is 3.16. The molecule has 20 heavy (non-hydrogen) atoms. The normalized spacial score (nSPS) is 11.3. The summed E-state index contributed by atoms with van der Waals surface area (Å²) >= 11 is 1.36. The van der Waals surface area contributed by atoms with Gasteiger partial charge in [0.25, 0.3) is 0 Å². The van der Waals surface area contributed by atoms with Crippen LogP contribution in [-0.4, -0.2) is 14.8 Å². The fourth-order valence-electron chi connectivity index (χ4n) is 1.84. The van der Waals surface area contributed by atoms with E-state index in [0.29, 0.717) is 28.8 Å². The van der Waals surface area contributed by atoms with Crippen LogP contribution in [0, 0.1) is 11.6 Å². The van der Waals surface area contributed by atoms with E-state index in [2.05, 4.69) is 10.2 Å². The minimum atomic E-state index is -0.577. The molecule has 2 rings (SSSR count). The molecule has 0 aliphatic carbocycles. The van der Waals surface area contributed by atoms with Crippen LogP contribution in [0.3, 0.4) is 0 Å². The van der Waals surface area contributed by atoms with E-state index in [9.17, 15) is 8.78 Å². The van der Waals surface area contributed by atoms with Crippen molar-refractivity contribution in [2.75, 3.05) is 0 Å². The van der Waals surface area contributed by atoms with E-state index in [0.717, 1.165) is 6.07 Å². The van der Waals surface area contributed by atoms with Crippen molar-refractivity contribution in [1.29, 1.82) is 0 Å². The fourth-order valence-corrected chi connectivity index (χ4v) is 2.92. The molecule has 0 aliphatic rings. The standard InChI is InChI=1S/C13H16F2N4S/c1-8(2)19-12(6-16)17-18-13(19)20-7-9-3-4-10(14)5-11(9)15/h3-5,8H,6-7,16H2,1-2H3. The molecule has 7 heteroatoms. The highest BCUT2D eigenvalue weighted by molar-refractivity contribution is 7.98. The highest BCUT2D eigenvalue weighted by Crippen LogP contribution is 2.26. The third-order valence-corrected chi connectivity index (χ3v) is 3.80. The van der Waals surface area contributed by atoms with Crippen LogP contribution in [0.2, 0.25) is 0 Å². The lowest BCUT2D eigenvalue weighted by atomic mass is 10.2. The van der Waals surface area contributed by atoms with Gasteiger partial charge in [-0.25, -0.2) is 8.78 Å². The molecule has 0 fully saturated rings. The molecule has 0 aliphatic heterocycles. The van der Waals surface area contributed by atoms with Gasteiger partial charge in [-0.2, -0.15) is 0 Å². The molecule has 0 bridgehead atoms. The molecule has 2 aromatic rings. The monoisotopic (exact) mass is 298 g/mol. The zero-order valence-electron chi connectivity index (χ0n) is 11.3. The van der Waals surface area contributed by atoms with E-state index in [4.69, 9.17) is 5.73 Å². The summed E-state index contributed by atoms with van der Waals surface area (Å²) in [5.41, 5.74) is 6.05. The molecule has 0 atom stereocenters. The quantitative estimate of drug-likeness (QED) is 0.862. The highest BCUT2D eigenvalue weighted by atomic mass is 32.2. The Hall–Kier alpha value is -1.47. The lowest BCUT2D eigenvalue weighted by Gasteiger charge is -2.12. The van der Waals surface area contributed by atoms with Crippen LogP contribution in [0.5, 0.6) is 0 Å². The highest BCUT2D eigenvalue weighted by Gasteiger charge is 2.15. The van der Waals surface area contributed by atoms with E-state index in [1.54, 1.807) is 0 Å². The second-order valence-corrected chi connectivity index (χ2v) is 5.53. The largest absolute Gasteiger partial charge is 0.324 e. The summed E-state index contributed by atoms with van der Waals surface area (Å²) in [5, 5.41) is 8.77. The predicted molar refractivity (Wildman–Crippen MR) is 74.2 cm³/mol. The van der Waals surface area contributed by atoms with Crippen LogP contribution in [0.15, 0.2) is 23.4 Å². The van der Waals surface area contributed by atoms with Crippen LogP contribution >= 0.6 is 11.8 Å². The maximum Gasteiger partial charge on any atom is 0.191 e. The van der Waals surface area contributed by atoms with E-state index < -0.39 is 11.6 Å². The maximum atomic E-state index is 13.6. The summed E-state index contributed by atoms with van der Waals surface area (Å²) in [6.07, 6.45) is 0. The number of hydrogen-bond acceptors (Lipinski definition) is 4. The van der Waals surface area contributed by atoms with Gasteiger partial charge in [0, 0.05) is 17.9 Å². The second-order valence-electron chi connectivity index (χ2n) is 4.59. The minimum absolute atomic E-state index is 0.170. The summed E-state index contributed by atoms with van der Waals surface area (Å²) in [5.74, 6) is -0.0668. The lowest BCUT2D eigenvalue weighted by molar-refractivity contribution is 0.526. The topological polar surface area (TPSA) is 56.7 Å². The number of rotatable bonds is 5. The zero-order valence-corrected chi connectivity index (χ0v) is 12.1. The maximum absolute atomic E-state index is 13.6. The van der Waals surface area contributed by atoms with Gasteiger partial charge in [-0.15, -0.1) is 10.2 Å². The van der Waals surface area contributed by atoms with Crippen LogP contribution < -0.4 is 5.73 Å². The Kier molecular flexibility index (Phi) is 4.72. The van der Waals surface area contributed by atoms with E-state index in [1.165, 1.54) is 23.9 Å². The molecule has 108 valence electrons. The summed E-state index contributed by atoms with van der Waals surface area (Å²) in [7, 11) is 0. The molecule has 0 unspecified atom stereocenters. The van der Waals surface area contributed by atoms with Crippen molar-refractivity contribution in [2.45, 2.75) is 37.3 Å². The Labute approximate surface area is 120 Å². The van der Waals surface area contributed by atoms with E-state index in [-0.39, 0.29) is 6.04 Å². The summed E-state index contributed by atoms with van der Waals surface area (Å²) in [6.45, 7) is 4.31. The number of thioether (sulfide) groups is 1. The first-order valence-electron chi connectivity index (χ1n) is 6.23. The number of halogens is 2. The average molecular weight is 298 g/mol. The smallest absolute Gasteiger partial charge is 0.191 e. The van der Waals surface area contributed by atoms with Gasteiger partial charge in [0.1, 0.15) is 17.5 Å². The molecule has 1 aromatic heterocycles. The van der Waals surface area contributed by atoms with Crippen LogP contribution in [-0.2, 0) is 12.3 Å². The van der Waals surface area contributed by atoms with Crippen molar-refractivity contribution in [3.05, 3.63) is 41.2 Å². The Morgan fingerprint density at radius 3 is 2.65 bits per heavy atom. The minimum Gasteiger partial charge on any atom is -0.324 e. The third-order valence-electron chi connectivity index (χ3n) is 2.81. The van der Waals surface area contributed by atoms with E-state index in [1.807, 2.05) is 18.4 Å². The zero-order chi connectivity index (χ0) is 14.7. The first kappa shape index (κ1) is 14.9.